The monoisotopic (exact) mass is 355 g/mol. The summed E-state index contributed by atoms with van der Waals surface area (Å²) in [6.45, 7) is 0.917. The van der Waals surface area contributed by atoms with E-state index in [0.717, 1.165) is 11.3 Å². The number of aliphatic hydroxyl groups is 1. The van der Waals surface area contributed by atoms with Crippen molar-refractivity contribution < 1.29 is 19.0 Å². The quantitative estimate of drug-likeness (QED) is 0.921. The third kappa shape index (κ3) is 3.31. The van der Waals surface area contributed by atoms with E-state index in [0.29, 0.717) is 37.9 Å². The number of nitrogens with zero attached hydrogens (tertiary/aromatic N) is 1. The van der Waals surface area contributed by atoms with Crippen LogP contribution >= 0.6 is 0 Å². The first-order valence-corrected chi connectivity index (χ1v) is 9.03. The fourth-order valence-electron chi connectivity index (χ4n) is 3.84. The predicted molar refractivity (Wildman–Crippen MR) is 95.4 cm³/mol. The molecule has 26 heavy (non-hydrogen) atoms. The molecule has 1 fully saturated rings. The molecule has 2 aromatic carbocycles. The zero-order valence-corrected chi connectivity index (χ0v) is 14.5. The number of amides is 1. The fourth-order valence-corrected chi connectivity index (χ4v) is 3.84. The number of halogens is 1. The molecule has 1 N–H and O–H groups in total. The highest BCUT2D eigenvalue weighted by molar-refractivity contribution is 5.82. The Hall–Kier alpha value is -2.40. The summed E-state index contributed by atoms with van der Waals surface area (Å²) in [5.41, 5.74) is 0.599. The van der Waals surface area contributed by atoms with Crippen LogP contribution in [0.2, 0.25) is 0 Å². The van der Waals surface area contributed by atoms with E-state index in [2.05, 4.69) is 0 Å². The summed E-state index contributed by atoms with van der Waals surface area (Å²) in [6.07, 6.45) is 1.25. The first kappa shape index (κ1) is 17.0. The van der Waals surface area contributed by atoms with Crippen molar-refractivity contribution in [1.29, 1.82) is 0 Å². The van der Waals surface area contributed by atoms with Crippen molar-refractivity contribution in [3.63, 3.8) is 0 Å². The van der Waals surface area contributed by atoms with Gasteiger partial charge in [-0.1, -0.05) is 36.4 Å². The lowest BCUT2D eigenvalue weighted by Crippen LogP contribution is -2.51. The Balaban J connectivity index is 1.36. The van der Waals surface area contributed by atoms with Gasteiger partial charge in [0.2, 0.25) is 0 Å². The van der Waals surface area contributed by atoms with Gasteiger partial charge in [-0.05, 0) is 36.1 Å². The number of hydrogen-bond donors (Lipinski definition) is 1. The van der Waals surface area contributed by atoms with Gasteiger partial charge in [0, 0.05) is 25.9 Å². The van der Waals surface area contributed by atoms with E-state index >= 15 is 0 Å². The molecule has 1 saturated heterocycles. The number of rotatable bonds is 3. The van der Waals surface area contributed by atoms with Gasteiger partial charge in [-0.25, -0.2) is 4.39 Å². The summed E-state index contributed by atoms with van der Waals surface area (Å²) < 4.78 is 19.6. The van der Waals surface area contributed by atoms with E-state index in [1.54, 1.807) is 23.1 Å². The molecule has 0 spiro atoms. The van der Waals surface area contributed by atoms with Crippen molar-refractivity contribution in [3.8, 4) is 5.75 Å². The van der Waals surface area contributed by atoms with E-state index in [1.807, 2.05) is 24.3 Å². The standard InChI is InChI=1S/C21H22FNO3/c22-17-7-3-1-6-16(17)14-21(25)9-11-23(12-10-21)20(24)19-13-15-5-2-4-8-18(15)26-19/h1-8,19,25H,9-14H2. The van der Waals surface area contributed by atoms with Crippen LogP contribution in [0.5, 0.6) is 5.75 Å². The second-order valence-corrected chi connectivity index (χ2v) is 7.24. The van der Waals surface area contributed by atoms with Gasteiger partial charge in [-0.3, -0.25) is 4.79 Å². The van der Waals surface area contributed by atoms with Crippen LogP contribution in [0.25, 0.3) is 0 Å². The molecule has 1 atom stereocenters. The van der Waals surface area contributed by atoms with Crippen molar-refractivity contribution in [2.24, 2.45) is 0 Å². The number of carbonyl (C=O) groups is 1. The van der Waals surface area contributed by atoms with Gasteiger partial charge >= 0.3 is 0 Å². The normalized spacial score (nSPS) is 21.2. The molecular weight excluding hydrogens is 333 g/mol. The van der Waals surface area contributed by atoms with E-state index in [1.165, 1.54) is 6.07 Å². The topological polar surface area (TPSA) is 49.8 Å². The zero-order chi connectivity index (χ0) is 18.1. The van der Waals surface area contributed by atoms with Crippen molar-refractivity contribution in [3.05, 3.63) is 65.5 Å². The van der Waals surface area contributed by atoms with Gasteiger partial charge < -0.3 is 14.7 Å². The van der Waals surface area contributed by atoms with Crippen LogP contribution in [0, 0.1) is 5.82 Å². The average Bonchev–Trinajstić information content (AvgIpc) is 3.08. The van der Waals surface area contributed by atoms with Crippen LogP contribution in [-0.2, 0) is 17.6 Å². The molecule has 5 heteroatoms. The van der Waals surface area contributed by atoms with Gasteiger partial charge in [0.05, 0.1) is 5.60 Å². The van der Waals surface area contributed by atoms with Crippen LogP contribution in [0.3, 0.4) is 0 Å². The van der Waals surface area contributed by atoms with Gasteiger partial charge in [-0.2, -0.15) is 0 Å². The minimum atomic E-state index is -0.974. The minimum absolute atomic E-state index is 0.0332. The highest BCUT2D eigenvalue weighted by Crippen LogP contribution is 2.31. The number of piperidine rings is 1. The van der Waals surface area contributed by atoms with Gasteiger partial charge in [0.15, 0.2) is 6.10 Å². The number of hydrogen-bond acceptors (Lipinski definition) is 3. The van der Waals surface area contributed by atoms with Crippen LogP contribution in [0.1, 0.15) is 24.0 Å². The molecule has 2 aliphatic rings. The second-order valence-electron chi connectivity index (χ2n) is 7.24. The third-order valence-corrected chi connectivity index (χ3v) is 5.41. The van der Waals surface area contributed by atoms with Crippen molar-refractivity contribution >= 4 is 5.91 Å². The molecule has 1 amide bonds. The van der Waals surface area contributed by atoms with Gasteiger partial charge in [0.25, 0.3) is 5.91 Å². The van der Waals surface area contributed by atoms with Crippen LogP contribution < -0.4 is 4.74 Å². The summed E-state index contributed by atoms with van der Waals surface area (Å²) >= 11 is 0. The molecule has 0 aromatic heterocycles. The predicted octanol–water partition coefficient (Wildman–Crippen LogP) is 2.73. The summed E-state index contributed by atoms with van der Waals surface area (Å²) in [7, 11) is 0. The van der Waals surface area contributed by atoms with E-state index in [4.69, 9.17) is 4.74 Å². The Morgan fingerprint density at radius 1 is 1.15 bits per heavy atom. The Kier molecular flexibility index (Phi) is 4.41. The number of ether oxygens (including phenoxy) is 1. The average molecular weight is 355 g/mol. The van der Waals surface area contributed by atoms with E-state index < -0.39 is 11.7 Å². The van der Waals surface area contributed by atoms with Crippen molar-refractivity contribution in [2.75, 3.05) is 13.1 Å². The molecule has 2 aliphatic heterocycles. The summed E-state index contributed by atoms with van der Waals surface area (Å²) in [5.74, 6) is 0.449. The highest BCUT2D eigenvalue weighted by atomic mass is 19.1. The highest BCUT2D eigenvalue weighted by Gasteiger charge is 2.38. The molecule has 1 unspecified atom stereocenters. The molecule has 0 radical (unpaired) electrons. The Bertz CT molecular complexity index is 789. The summed E-state index contributed by atoms with van der Waals surface area (Å²) in [6, 6.07) is 14.2. The minimum Gasteiger partial charge on any atom is -0.480 e. The maximum absolute atomic E-state index is 13.9. The Morgan fingerprint density at radius 2 is 1.85 bits per heavy atom. The molecule has 136 valence electrons. The van der Waals surface area contributed by atoms with Crippen molar-refractivity contribution in [2.45, 2.75) is 37.4 Å². The first-order chi connectivity index (χ1) is 12.5. The number of para-hydroxylation sites is 1. The molecule has 4 nitrogen and oxygen atoms in total. The zero-order valence-electron chi connectivity index (χ0n) is 14.5. The van der Waals surface area contributed by atoms with Crippen molar-refractivity contribution in [1.82, 2.24) is 4.90 Å². The van der Waals surface area contributed by atoms with Crippen LogP contribution in [-0.4, -0.2) is 40.7 Å². The molecular formula is C21H22FNO3. The number of fused-ring (bicyclic) bond motifs is 1. The van der Waals surface area contributed by atoms with E-state index in [9.17, 15) is 14.3 Å². The second kappa shape index (κ2) is 6.72. The maximum Gasteiger partial charge on any atom is 0.263 e. The molecule has 2 heterocycles. The lowest BCUT2D eigenvalue weighted by Gasteiger charge is -2.39. The summed E-state index contributed by atoms with van der Waals surface area (Å²) in [5, 5.41) is 10.8. The largest absolute Gasteiger partial charge is 0.480 e. The van der Waals surface area contributed by atoms with Crippen LogP contribution in [0.15, 0.2) is 48.5 Å². The van der Waals surface area contributed by atoms with E-state index in [-0.39, 0.29) is 18.1 Å². The number of carbonyl (C=O) groups excluding carboxylic acids is 1. The smallest absolute Gasteiger partial charge is 0.263 e. The van der Waals surface area contributed by atoms with Crippen LogP contribution in [0.4, 0.5) is 4.39 Å². The fraction of sp³-hybridized carbons (Fsp3) is 0.381. The third-order valence-electron chi connectivity index (χ3n) is 5.41. The number of likely N-dealkylation sites (tertiary alicyclic amines) is 1. The molecule has 0 saturated carbocycles. The number of benzene rings is 2. The SMILES string of the molecule is O=C(C1Cc2ccccc2O1)N1CCC(O)(Cc2ccccc2F)CC1. The first-order valence-electron chi connectivity index (χ1n) is 9.03. The molecule has 2 aromatic rings. The molecule has 4 rings (SSSR count). The maximum atomic E-state index is 13.9. The Morgan fingerprint density at radius 3 is 2.58 bits per heavy atom. The van der Waals surface area contributed by atoms with Gasteiger partial charge in [0.1, 0.15) is 11.6 Å². The molecule has 0 bridgehead atoms. The van der Waals surface area contributed by atoms with Gasteiger partial charge in [-0.15, -0.1) is 0 Å². The lowest BCUT2D eigenvalue weighted by atomic mass is 9.85. The molecule has 0 aliphatic carbocycles. The lowest BCUT2D eigenvalue weighted by molar-refractivity contribution is -0.142. The Labute approximate surface area is 152 Å². The summed E-state index contributed by atoms with van der Waals surface area (Å²) in [4.78, 5) is 14.5.